The van der Waals surface area contributed by atoms with Crippen molar-refractivity contribution >= 4 is 34.0 Å². The Morgan fingerprint density at radius 2 is 1.77 bits per heavy atom. The Kier molecular flexibility index (Phi) is 12.7. The Morgan fingerprint density at radius 3 is 2.58 bits per heavy atom. The van der Waals surface area contributed by atoms with Gasteiger partial charge >= 0.3 is 5.97 Å². The van der Waals surface area contributed by atoms with Gasteiger partial charge in [0.15, 0.2) is 11.5 Å². The smallest absolute Gasteiger partial charge is 0.302 e. The number of aromatic amines is 1. The normalized spacial score (nSPS) is 22.1. The third-order valence-corrected chi connectivity index (χ3v) is 12.8. The van der Waals surface area contributed by atoms with E-state index in [2.05, 4.69) is 70.2 Å². The Balaban J connectivity index is 1.29. The van der Waals surface area contributed by atoms with Crippen LogP contribution in [0.4, 0.5) is 5.69 Å². The predicted octanol–water partition coefficient (Wildman–Crippen LogP) is 9.29. The first-order valence-corrected chi connectivity index (χ1v) is 21.7. The fourth-order valence-electron chi connectivity index (χ4n) is 9.73. The predicted molar refractivity (Wildman–Crippen MR) is 241 cm³/mol. The van der Waals surface area contributed by atoms with E-state index in [1.807, 2.05) is 41.1 Å². The minimum Gasteiger partial charge on any atom is -0.508 e. The van der Waals surface area contributed by atoms with E-state index in [1.165, 1.54) is 25.2 Å². The highest BCUT2D eigenvalue weighted by Gasteiger charge is 2.31. The standard InChI is InChI=1S/C51H56N4O7/c1-32(56)19-21-55-47-13-7-10-38-30-54(31-46(38)47)48(37-15-17-49(60)50(24-37)61-3)27-41(59)26-42(62-33(2)57)16-14-34-8-4-5-12-43(34)45-29-52-28-39(45)23-44(35-9-6-11-40(58)22-35)36-18-20-53-51(55)25-36/h5-7,9-13,15,17-18,22,24-25,28-31,34,42-44,48,52-53,58,60H,4,8,14,16,19-21,23,26-27H2,1-3H3. The topological polar surface area (TPSA) is 146 Å². The lowest BCUT2D eigenvalue weighted by Gasteiger charge is -2.33. The second kappa shape index (κ2) is 18.6. The van der Waals surface area contributed by atoms with Gasteiger partial charge in [0.25, 0.3) is 0 Å². The average molecular weight is 837 g/mol. The van der Waals surface area contributed by atoms with Crippen LogP contribution in [0.15, 0.2) is 121 Å². The number of aromatic nitrogens is 2. The number of carbonyl (C=O) groups excluding carboxylic acids is 3. The molecule has 0 saturated carbocycles. The molecule has 0 saturated heterocycles. The van der Waals surface area contributed by atoms with Crippen molar-refractivity contribution < 1.29 is 34.1 Å². The van der Waals surface area contributed by atoms with Gasteiger partial charge in [0, 0.05) is 86.7 Å². The largest absolute Gasteiger partial charge is 0.508 e. The molecule has 4 heterocycles. The van der Waals surface area contributed by atoms with Crippen molar-refractivity contribution in [3.63, 3.8) is 0 Å². The first-order chi connectivity index (χ1) is 30.0. The number of hydrogen-bond acceptors (Lipinski definition) is 9. The van der Waals surface area contributed by atoms with Crippen LogP contribution in [0, 0.1) is 5.92 Å². The molecule has 8 rings (SSSR count). The summed E-state index contributed by atoms with van der Waals surface area (Å²) in [5, 5.41) is 26.8. The highest BCUT2D eigenvalue weighted by Crippen LogP contribution is 2.42. The maximum Gasteiger partial charge on any atom is 0.302 e. The maximum absolute atomic E-state index is 14.3. The number of nitrogens with one attached hydrogen (secondary N) is 2. The van der Waals surface area contributed by atoms with Gasteiger partial charge in [0.2, 0.25) is 0 Å². The fraction of sp³-hybridized carbons (Fsp3) is 0.353. The number of esters is 1. The minimum atomic E-state index is -0.590. The van der Waals surface area contributed by atoms with Crippen LogP contribution in [0.5, 0.6) is 17.2 Å². The summed E-state index contributed by atoms with van der Waals surface area (Å²) in [5.74, 6) is 1.23. The molecule has 0 fully saturated rings. The number of phenols is 2. The van der Waals surface area contributed by atoms with Gasteiger partial charge in [0.1, 0.15) is 29.2 Å². The first-order valence-electron chi connectivity index (χ1n) is 21.7. The molecule has 5 unspecified atom stereocenters. The summed E-state index contributed by atoms with van der Waals surface area (Å²) >= 11 is 0. The van der Waals surface area contributed by atoms with Gasteiger partial charge < -0.3 is 39.5 Å². The van der Waals surface area contributed by atoms with Crippen LogP contribution in [0.1, 0.15) is 98.9 Å². The van der Waals surface area contributed by atoms with E-state index in [4.69, 9.17) is 9.47 Å². The van der Waals surface area contributed by atoms with E-state index < -0.39 is 18.1 Å². The minimum absolute atomic E-state index is 0.00289. The fourth-order valence-corrected chi connectivity index (χ4v) is 9.73. The summed E-state index contributed by atoms with van der Waals surface area (Å²) in [7, 11) is 1.50. The molecule has 62 heavy (non-hydrogen) atoms. The Bertz CT molecular complexity index is 2550. The maximum atomic E-state index is 14.3. The van der Waals surface area contributed by atoms with Gasteiger partial charge in [-0.25, -0.2) is 0 Å². The lowest BCUT2D eigenvalue weighted by atomic mass is 9.75. The summed E-state index contributed by atoms with van der Waals surface area (Å²) in [5.41, 5.74) is 6.16. The van der Waals surface area contributed by atoms with Crippen LogP contribution >= 0.6 is 0 Å². The average Bonchev–Trinajstić information content (AvgIpc) is 3.91. The van der Waals surface area contributed by atoms with Gasteiger partial charge in [0.05, 0.1) is 18.8 Å². The summed E-state index contributed by atoms with van der Waals surface area (Å²) < 4.78 is 13.5. The number of phenolic OH excluding ortho intramolecular Hbond substituents is 2. The van der Waals surface area contributed by atoms with E-state index in [9.17, 15) is 24.6 Å². The van der Waals surface area contributed by atoms with Crippen LogP contribution in [0.25, 0.3) is 10.8 Å². The molecule has 2 aromatic heterocycles. The highest BCUT2D eigenvalue weighted by molar-refractivity contribution is 5.95. The SMILES string of the molecule is COc1cc(C2CC(=O)CC(OC(C)=O)CCC3CCC=CC3c3c[nH]cc3CC(c3cccc(O)c3)C3=CCNC(=C3)N(CCC(C)=O)c3cccc4cn2cc34)ccc1O. The number of methoxy groups -OCH3 is 1. The number of rotatable bonds is 7. The summed E-state index contributed by atoms with van der Waals surface area (Å²) in [6.45, 7) is 4.00. The van der Waals surface area contributed by atoms with Gasteiger partial charge in [-0.2, -0.15) is 0 Å². The molecule has 3 aromatic carbocycles. The molecule has 11 nitrogen and oxygen atoms in total. The number of allylic oxidation sites excluding steroid dienone is 4. The Morgan fingerprint density at radius 1 is 0.919 bits per heavy atom. The number of fused-ring (bicyclic) bond motifs is 5. The number of aromatic hydroxyl groups is 2. The monoisotopic (exact) mass is 836 g/mol. The van der Waals surface area contributed by atoms with Crippen molar-refractivity contribution in [2.75, 3.05) is 25.1 Å². The second-order valence-electron chi connectivity index (χ2n) is 17.0. The number of dihydropyridines is 1. The molecule has 4 N–H and O–H groups in total. The molecule has 2 aliphatic heterocycles. The van der Waals surface area contributed by atoms with Crippen molar-refractivity contribution in [3.8, 4) is 17.2 Å². The number of ether oxygens (including phenoxy) is 2. The molecule has 4 bridgehead atoms. The Hall–Kier alpha value is -6.49. The molecule has 5 aromatic rings. The lowest BCUT2D eigenvalue weighted by Crippen LogP contribution is -2.35. The van der Waals surface area contributed by atoms with Crippen molar-refractivity contribution in [2.45, 2.75) is 89.2 Å². The van der Waals surface area contributed by atoms with E-state index in [0.717, 1.165) is 58.2 Å². The third-order valence-electron chi connectivity index (χ3n) is 12.8. The van der Waals surface area contributed by atoms with Crippen molar-refractivity contribution in [2.24, 2.45) is 5.92 Å². The zero-order chi connectivity index (χ0) is 43.3. The molecule has 322 valence electrons. The Labute approximate surface area is 362 Å². The van der Waals surface area contributed by atoms with Gasteiger partial charge in [-0.05, 0) is 109 Å². The van der Waals surface area contributed by atoms with E-state index >= 15 is 0 Å². The van der Waals surface area contributed by atoms with E-state index in [1.54, 1.807) is 25.1 Å². The zero-order valence-corrected chi connectivity index (χ0v) is 35.7. The molecule has 0 amide bonds. The first kappa shape index (κ1) is 42.2. The van der Waals surface area contributed by atoms with Crippen LogP contribution < -0.4 is 15.0 Å². The van der Waals surface area contributed by atoms with Crippen LogP contribution in [0.3, 0.4) is 0 Å². The number of anilines is 1. The molecule has 5 atom stereocenters. The molecular weight excluding hydrogens is 781 g/mol. The molecular formula is C51H56N4O7. The van der Waals surface area contributed by atoms with E-state index in [-0.39, 0.29) is 53.7 Å². The van der Waals surface area contributed by atoms with E-state index in [0.29, 0.717) is 38.1 Å². The number of ketones is 2. The molecule has 0 spiro atoms. The van der Waals surface area contributed by atoms with Crippen molar-refractivity contribution in [1.82, 2.24) is 14.9 Å². The summed E-state index contributed by atoms with van der Waals surface area (Å²) in [4.78, 5) is 45.1. The van der Waals surface area contributed by atoms with Crippen molar-refractivity contribution in [3.05, 3.63) is 143 Å². The third kappa shape index (κ3) is 9.37. The second-order valence-corrected chi connectivity index (χ2v) is 17.0. The number of nitrogens with zero attached hydrogens (tertiary/aromatic N) is 2. The number of carbonyl (C=O) groups is 3. The summed E-state index contributed by atoms with van der Waals surface area (Å²) in [6, 6.07) is 18.3. The van der Waals surface area contributed by atoms with Crippen LogP contribution in [0.2, 0.25) is 0 Å². The lowest BCUT2D eigenvalue weighted by molar-refractivity contribution is -0.148. The molecule has 11 heteroatoms. The molecule has 0 radical (unpaired) electrons. The quantitative estimate of drug-likeness (QED) is 0.0931. The van der Waals surface area contributed by atoms with Gasteiger partial charge in [-0.1, -0.05) is 48.6 Å². The summed E-state index contributed by atoms with van der Waals surface area (Å²) in [6.07, 6.45) is 21.1. The molecule has 1 aliphatic carbocycles. The number of hydrogen-bond donors (Lipinski definition) is 4. The van der Waals surface area contributed by atoms with Crippen LogP contribution in [-0.4, -0.2) is 63.6 Å². The van der Waals surface area contributed by atoms with Gasteiger partial charge in [-0.3, -0.25) is 14.4 Å². The zero-order valence-electron chi connectivity index (χ0n) is 35.7. The molecule has 3 aliphatic rings. The number of Topliss-reactive ketones (excluding diaryl/α,β-unsaturated/α-hetero) is 2. The highest BCUT2D eigenvalue weighted by atomic mass is 16.5. The van der Waals surface area contributed by atoms with Crippen molar-refractivity contribution in [1.29, 1.82) is 0 Å². The van der Waals surface area contributed by atoms with Crippen LogP contribution in [-0.2, 0) is 25.5 Å². The number of H-pyrrole nitrogens is 1. The van der Waals surface area contributed by atoms with Gasteiger partial charge in [-0.15, -0.1) is 0 Å². The number of benzene rings is 3.